The van der Waals surface area contributed by atoms with E-state index < -0.39 is 6.10 Å². The molecule has 0 aliphatic heterocycles. The molecule has 108 valence electrons. The van der Waals surface area contributed by atoms with Gasteiger partial charge >= 0.3 is 0 Å². The lowest BCUT2D eigenvalue weighted by molar-refractivity contribution is 0.182. The Kier molecular flexibility index (Phi) is 3.79. The normalized spacial score (nSPS) is 12.8. The summed E-state index contributed by atoms with van der Waals surface area (Å²) in [5.74, 6) is -0.240. The van der Waals surface area contributed by atoms with E-state index >= 15 is 0 Å². The molecule has 0 saturated carbocycles. The van der Waals surface area contributed by atoms with Crippen molar-refractivity contribution in [2.24, 2.45) is 0 Å². The smallest absolute Gasteiger partial charge is 0.123 e. The number of aliphatic hydroxyl groups is 1. The average molecular weight is 300 g/mol. The van der Waals surface area contributed by atoms with Crippen LogP contribution in [-0.2, 0) is 6.42 Å². The van der Waals surface area contributed by atoms with Gasteiger partial charge in [0.1, 0.15) is 5.82 Å². The highest BCUT2D eigenvalue weighted by molar-refractivity contribution is 7.19. The minimum Gasteiger partial charge on any atom is -0.387 e. The average Bonchev–Trinajstić information content (AvgIpc) is 2.80. The summed E-state index contributed by atoms with van der Waals surface area (Å²) in [7, 11) is 0. The minimum absolute atomic E-state index is 0.240. The second kappa shape index (κ2) is 5.58. The summed E-state index contributed by atoms with van der Waals surface area (Å²) in [5, 5.41) is 11.3. The molecule has 2 aromatic carbocycles. The Morgan fingerprint density at radius 2 is 1.76 bits per heavy atom. The van der Waals surface area contributed by atoms with Crippen LogP contribution in [0.3, 0.4) is 0 Å². The molecule has 0 aliphatic carbocycles. The fourth-order valence-corrected chi connectivity index (χ4v) is 3.74. The van der Waals surface area contributed by atoms with Crippen LogP contribution in [-0.4, -0.2) is 5.11 Å². The van der Waals surface area contributed by atoms with Crippen LogP contribution < -0.4 is 0 Å². The van der Waals surface area contributed by atoms with Crippen molar-refractivity contribution in [1.29, 1.82) is 0 Å². The van der Waals surface area contributed by atoms with E-state index in [9.17, 15) is 9.50 Å². The van der Waals surface area contributed by atoms with Gasteiger partial charge in [-0.05, 0) is 49.1 Å². The second-order valence-corrected chi connectivity index (χ2v) is 6.66. The summed E-state index contributed by atoms with van der Waals surface area (Å²) in [5.41, 5.74) is 3.54. The Labute approximate surface area is 127 Å². The number of thiophene rings is 1. The molecule has 3 heteroatoms. The van der Waals surface area contributed by atoms with E-state index in [2.05, 4.69) is 32.0 Å². The van der Waals surface area contributed by atoms with Crippen LogP contribution in [0.15, 0.2) is 42.5 Å². The number of fused-ring (bicyclic) bond motifs is 1. The summed E-state index contributed by atoms with van der Waals surface area (Å²) in [4.78, 5) is 0.884. The van der Waals surface area contributed by atoms with Gasteiger partial charge in [-0.2, -0.15) is 0 Å². The molecule has 1 aromatic heterocycles. The molecule has 1 nitrogen and oxygen atoms in total. The van der Waals surface area contributed by atoms with Crippen LogP contribution in [0.25, 0.3) is 10.1 Å². The molecule has 0 radical (unpaired) electrons. The molecule has 0 spiro atoms. The van der Waals surface area contributed by atoms with E-state index in [-0.39, 0.29) is 5.82 Å². The molecule has 1 heterocycles. The predicted octanol–water partition coefficient (Wildman–Crippen LogP) is 4.93. The van der Waals surface area contributed by atoms with Crippen molar-refractivity contribution in [3.8, 4) is 0 Å². The van der Waals surface area contributed by atoms with Crippen LogP contribution in [0.4, 0.5) is 4.39 Å². The van der Waals surface area contributed by atoms with Gasteiger partial charge in [-0.25, -0.2) is 4.39 Å². The Morgan fingerprint density at radius 1 is 1.05 bits per heavy atom. The molecule has 0 amide bonds. The van der Waals surface area contributed by atoms with E-state index in [1.807, 2.05) is 6.07 Å². The standard InChI is InChI=1S/C18H17FOS/c1-11-5-12(2)7-13(6-11)8-16(20)18-10-14-9-15(19)3-4-17(14)21-18/h3-7,9-10,16,20H,8H2,1-2H3. The third-order valence-corrected chi connectivity index (χ3v) is 4.75. The van der Waals surface area contributed by atoms with Crippen molar-refractivity contribution in [1.82, 2.24) is 0 Å². The van der Waals surface area contributed by atoms with E-state index in [1.54, 1.807) is 6.07 Å². The summed E-state index contributed by atoms with van der Waals surface area (Å²) in [6.45, 7) is 4.12. The Balaban J connectivity index is 1.87. The highest BCUT2D eigenvalue weighted by Crippen LogP contribution is 2.32. The topological polar surface area (TPSA) is 20.2 Å². The fraction of sp³-hybridized carbons (Fsp3) is 0.222. The van der Waals surface area contributed by atoms with Gasteiger partial charge in [-0.1, -0.05) is 29.3 Å². The molecule has 0 fully saturated rings. The zero-order chi connectivity index (χ0) is 15.0. The van der Waals surface area contributed by atoms with Crippen molar-refractivity contribution in [2.75, 3.05) is 0 Å². The Morgan fingerprint density at radius 3 is 2.48 bits per heavy atom. The number of halogens is 1. The monoisotopic (exact) mass is 300 g/mol. The molecule has 3 aromatic rings. The quantitative estimate of drug-likeness (QED) is 0.727. The zero-order valence-corrected chi connectivity index (χ0v) is 12.9. The second-order valence-electron chi connectivity index (χ2n) is 5.55. The van der Waals surface area contributed by atoms with Crippen molar-refractivity contribution in [3.63, 3.8) is 0 Å². The van der Waals surface area contributed by atoms with E-state index in [0.717, 1.165) is 20.5 Å². The SMILES string of the molecule is Cc1cc(C)cc(CC(O)c2cc3cc(F)ccc3s2)c1. The van der Waals surface area contributed by atoms with Crippen LogP contribution >= 0.6 is 11.3 Å². The maximum atomic E-state index is 13.2. The summed E-state index contributed by atoms with van der Waals surface area (Å²) < 4.78 is 14.2. The largest absolute Gasteiger partial charge is 0.387 e. The lowest BCUT2D eigenvalue weighted by Crippen LogP contribution is -2.00. The molecule has 1 atom stereocenters. The molecule has 1 N–H and O–H groups in total. The molecule has 21 heavy (non-hydrogen) atoms. The van der Waals surface area contributed by atoms with Crippen molar-refractivity contribution >= 4 is 21.4 Å². The van der Waals surface area contributed by atoms with Gasteiger partial charge in [0.2, 0.25) is 0 Å². The van der Waals surface area contributed by atoms with Gasteiger partial charge in [0, 0.05) is 16.0 Å². The first kappa shape index (κ1) is 14.2. The molecular formula is C18H17FOS. The first-order chi connectivity index (χ1) is 10.0. The summed E-state index contributed by atoms with van der Waals surface area (Å²) >= 11 is 1.53. The van der Waals surface area contributed by atoms with Crippen LogP contribution in [0, 0.1) is 19.7 Å². The number of benzene rings is 2. The van der Waals surface area contributed by atoms with Gasteiger partial charge < -0.3 is 5.11 Å². The van der Waals surface area contributed by atoms with Gasteiger partial charge in [0.15, 0.2) is 0 Å². The molecule has 0 bridgehead atoms. The molecule has 1 unspecified atom stereocenters. The van der Waals surface area contributed by atoms with Crippen LogP contribution in [0.5, 0.6) is 0 Å². The Bertz CT molecular complexity index is 771. The maximum Gasteiger partial charge on any atom is 0.123 e. The molecule has 0 saturated heterocycles. The van der Waals surface area contributed by atoms with Gasteiger partial charge in [-0.3, -0.25) is 0 Å². The minimum atomic E-state index is -0.549. The third-order valence-electron chi connectivity index (χ3n) is 3.54. The van der Waals surface area contributed by atoms with Crippen LogP contribution in [0.1, 0.15) is 27.7 Å². The number of rotatable bonds is 3. The number of aliphatic hydroxyl groups excluding tert-OH is 1. The Hall–Kier alpha value is -1.71. The van der Waals surface area contributed by atoms with Crippen LogP contribution in [0.2, 0.25) is 0 Å². The summed E-state index contributed by atoms with van der Waals surface area (Å²) in [6, 6.07) is 12.9. The lowest BCUT2D eigenvalue weighted by atomic mass is 10.0. The first-order valence-corrected chi connectivity index (χ1v) is 7.77. The number of hydrogen-bond donors (Lipinski definition) is 1. The first-order valence-electron chi connectivity index (χ1n) is 6.95. The summed E-state index contributed by atoms with van der Waals surface area (Å²) in [6.07, 6.45) is 0.0318. The molecular weight excluding hydrogens is 283 g/mol. The molecule has 0 aliphatic rings. The highest BCUT2D eigenvalue weighted by atomic mass is 32.1. The molecule has 3 rings (SSSR count). The van der Waals surface area contributed by atoms with Gasteiger partial charge in [0.05, 0.1) is 6.10 Å². The van der Waals surface area contributed by atoms with Gasteiger partial charge in [0.25, 0.3) is 0 Å². The zero-order valence-electron chi connectivity index (χ0n) is 12.1. The number of hydrogen-bond acceptors (Lipinski definition) is 2. The maximum absolute atomic E-state index is 13.2. The van der Waals surface area contributed by atoms with E-state index in [0.29, 0.717) is 6.42 Å². The fourth-order valence-electron chi connectivity index (χ4n) is 2.71. The van der Waals surface area contributed by atoms with Gasteiger partial charge in [-0.15, -0.1) is 11.3 Å². The van der Waals surface area contributed by atoms with Crippen molar-refractivity contribution in [3.05, 3.63) is 69.8 Å². The van der Waals surface area contributed by atoms with Crippen molar-refractivity contribution in [2.45, 2.75) is 26.4 Å². The number of aryl methyl sites for hydroxylation is 2. The lowest BCUT2D eigenvalue weighted by Gasteiger charge is -2.10. The van der Waals surface area contributed by atoms with E-state index in [1.165, 1.54) is 34.6 Å². The third kappa shape index (κ3) is 3.14. The van der Waals surface area contributed by atoms with E-state index in [4.69, 9.17) is 0 Å². The highest BCUT2D eigenvalue weighted by Gasteiger charge is 2.13. The van der Waals surface area contributed by atoms with Crippen molar-refractivity contribution < 1.29 is 9.50 Å². The predicted molar refractivity (Wildman–Crippen MR) is 86.4 cm³/mol.